The van der Waals surface area contributed by atoms with Gasteiger partial charge in [0.2, 0.25) is 0 Å². The van der Waals surface area contributed by atoms with Crippen molar-refractivity contribution in [2.45, 2.75) is 27.7 Å². The SMILES string of the molecule is C=CCO/C(C=C)=C(\C)C(=C)C.CC. The fourth-order valence-electron chi connectivity index (χ4n) is 0.679. The van der Waals surface area contributed by atoms with Crippen molar-refractivity contribution in [3.05, 3.63) is 48.8 Å². The van der Waals surface area contributed by atoms with E-state index in [2.05, 4.69) is 19.7 Å². The summed E-state index contributed by atoms with van der Waals surface area (Å²) in [7, 11) is 0. The molecule has 0 N–H and O–H groups in total. The number of hydrogen-bond acceptors (Lipinski definition) is 1. The Labute approximate surface area is 88.5 Å². The molecule has 0 radical (unpaired) electrons. The van der Waals surface area contributed by atoms with Crippen molar-refractivity contribution in [2.75, 3.05) is 6.61 Å². The standard InChI is InChI=1S/C11H16O.C2H6/c1-6-8-12-11(7-2)10(5)9(3)4;1-2/h6-7H,1-3,8H2,4-5H3;1-2H3/b11-10+;. The fourth-order valence-corrected chi connectivity index (χ4v) is 0.679. The molecule has 0 aliphatic rings. The van der Waals surface area contributed by atoms with E-state index < -0.39 is 0 Å². The van der Waals surface area contributed by atoms with Gasteiger partial charge in [-0.1, -0.05) is 45.2 Å². The summed E-state index contributed by atoms with van der Waals surface area (Å²) < 4.78 is 5.35. The van der Waals surface area contributed by atoms with Crippen molar-refractivity contribution < 1.29 is 4.74 Å². The summed E-state index contributed by atoms with van der Waals surface area (Å²) in [6.45, 7) is 19.5. The van der Waals surface area contributed by atoms with E-state index in [0.29, 0.717) is 6.61 Å². The molecular weight excluding hydrogens is 172 g/mol. The summed E-state index contributed by atoms with van der Waals surface area (Å²) in [6, 6.07) is 0. The molecule has 0 atom stereocenters. The van der Waals surface area contributed by atoms with E-state index in [-0.39, 0.29) is 0 Å². The topological polar surface area (TPSA) is 9.23 Å². The maximum Gasteiger partial charge on any atom is 0.122 e. The Bertz CT molecular complexity index is 221. The predicted octanol–water partition coefficient (Wildman–Crippen LogP) is 4.25. The molecule has 0 aromatic heterocycles. The lowest BCUT2D eigenvalue weighted by Crippen LogP contribution is -1.93. The van der Waals surface area contributed by atoms with Gasteiger partial charge in [-0.3, -0.25) is 0 Å². The van der Waals surface area contributed by atoms with Crippen LogP contribution in [0.25, 0.3) is 0 Å². The van der Waals surface area contributed by atoms with Gasteiger partial charge < -0.3 is 4.74 Å². The molecule has 0 spiro atoms. The summed E-state index contributed by atoms with van der Waals surface area (Å²) in [5, 5.41) is 0. The minimum atomic E-state index is 0.506. The van der Waals surface area contributed by atoms with E-state index in [1.807, 2.05) is 27.7 Å². The molecule has 0 heterocycles. The number of ether oxygens (including phenoxy) is 1. The quantitative estimate of drug-likeness (QED) is 0.361. The molecule has 14 heavy (non-hydrogen) atoms. The van der Waals surface area contributed by atoms with Gasteiger partial charge in [0, 0.05) is 0 Å². The zero-order valence-electron chi connectivity index (χ0n) is 9.89. The van der Waals surface area contributed by atoms with Gasteiger partial charge in [0.25, 0.3) is 0 Å². The first kappa shape index (κ1) is 15.2. The van der Waals surface area contributed by atoms with Crippen LogP contribution in [-0.4, -0.2) is 6.61 Å². The van der Waals surface area contributed by atoms with Gasteiger partial charge in [-0.25, -0.2) is 0 Å². The van der Waals surface area contributed by atoms with E-state index in [4.69, 9.17) is 4.74 Å². The Kier molecular flexibility index (Phi) is 10.7. The smallest absolute Gasteiger partial charge is 0.122 e. The van der Waals surface area contributed by atoms with Crippen LogP contribution in [0, 0.1) is 0 Å². The van der Waals surface area contributed by atoms with Gasteiger partial charge in [-0.05, 0) is 25.5 Å². The number of hydrogen-bond donors (Lipinski definition) is 0. The van der Waals surface area contributed by atoms with Crippen LogP contribution in [0.5, 0.6) is 0 Å². The lowest BCUT2D eigenvalue weighted by atomic mass is 10.1. The molecule has 0 amide bonds. The number of rotatable bonds is 5. The molecule has 0 fully saturated rings. The van der Waals surface area contributed by atoms with Crippen molar-refractivity contribution in [3.8, 4) is 0 Å². The third-order valence-corrected chi connectivity index (χ3v) is 1.55. The van der Waals surface area contributed by atoms with E-state index >= 15 is 0 Å². The maximum atomic E-state index is 5.35. The van der Waals surface area contributed by atoms with Gasteiger partial charge in [0.05, 0.1) is 0 Å². The van der Waals surface area contributed by atoms with Crippen LogP contribution in [0.2, 0.25) is 0 Å². The van der Waals surface area contributed by atoms with Crippen LogP contribution in [0.15, 0.2) is 48.8 Å². The Balaban J connectivity index is 0. The second kappa shape index (κ2) is 9.85. The monoisotopic (exact) mass is 194 g/mol. The lowest BCUT2D eigenvalue weighted by Gasteiger charge is -2.08. The van der Waals surface area contributed by atoms with E-state index in [9.17, 15) is 0 Å². The normalized spacial score (nSPS) is 10.3. The maximum absolute atomic E-state index is 5.35. The highest BCUT2D eigenvalue weighted by Gasteiger charge is 1.98. The Hall–Kier alpha value is -1.24. The molecule has 0 aromatic rings. The van der Waals surface area contributed by atoms with E-state index in [0.717, 1.165) is 16.9 Å². The van der Waals surface area contributed by atoms with Crippen LogP contribution in [0.1, 0.15) is 27.7 Å². The van der Waals surface area contributed by atoms with Crippen LogP contribution in [0.3, 0.4) is 0 Å². The minimum absolute atomic E-state index is 0.506. The summed E-state index contributed by atoms with van der Waals surface area (Å²) in [6.07, 6.45) is 3.39. The van der Waals surface area contributed by atoms with Crippen molar-refractivity contribution in [1.82, 2.24) is 0 Å². The number of allylic oxidation sites excluding steroid dienone is 3. The lowest BCUT2D eigenvalue weighted by molar-refractivity contribution is 0.259. The molecule has 0 saturated heterocycles. The molecule has 0 aliphatic carbocycles. The van der Waals surface area contributed by atoms with Crippen LogP contribution in [-0.2, 0) is 4.74 Å². The third kappa shape index (κ3) is 6.30. The second-order valence-corrected chi connectivity index (χ2v) is 2.57. The summed E-state index contributed by atoms with van der Waals surface area (Å²) >= 11 is 0. The van der Waals surface area contributed by atoms with Gasteiger partial charge >= 0.3 is 0 Å². The molecule has 0 rings (SSSR count). The molecule has 0 aliphatic heterocycles. The third-order valence-electron chi connectivity index (χ3n) is 1.55. The first-order chi connectivity index (χ1) is 6.63. The first-order valence-electron chi connectivity index (χ1n) is 4.86. The molecule has 1 nitrogen and oxygen atoms in total. The van der Waals surface area contributed by atoms with Gasteiger partial charge in [-0.2, -0.15) is 0 Å². The van der Waals surface area contributed by atoms with Crippen LogP contribution >= 0.6 is 0 Å². The van der Waals surface area contributed by atoms with E-state index in [1.165, 1.54) is 0 Å². The molecule has 0 bridgehead atoms. The minimum Gasteiger partial charge on any atom is -0.489 e. The molecule has 1 heteroatoms. The van der Waals surface area contributed by atoms with Crippen molar-refractivity contribution in [2.24, 2.45) is 0 Å². The molecular formula is C13H22O. The van der Waals surface area contributed by atoms with Gasteiger partial charge in [0.1, 0.15) is 12.4 Å². The predicted molar refractivity (Wildman–Crippen MR) is 65.2 cm³/mol. The molecule has 80 valence electrons. The highest BCUT2D eigenvalue weighted by Crippen LogP contribution is 2.13. The van der Waals surface area contributed by atoms with Crippen molar-refractivity contribution >= 4 is 0 Å². The summed E-state index contributed by atoms with van der Waals surface area (Å²) in [5.41, 5.74) is 2.03. The highest BCUT2D eigenvalue weighted by atomic mass is 16.5. The Morgan fingerprint density at radius 3 is 2.00 bits per heavy atom. The molecule has 0 unspecified atom stereocenters. The highest BCUT2D eigenvalue weighted by molar-refractivity contribution is 5.31. The van der Waals surface area contributed by atoms with Crippen LogP contribution < -0.4 is 0 Å². The van der Waals surface area contributed by atoms with E-state index in [1.54, 1.807) is 12.2 Å². The Morgan fingerprint density at radius 2 is 1.71 bits per heavy atom. The van der Waals surface area contributed by atoms with Gasteiger partial charge in [-0.15, -0.1) is 0 Å². The average molecular weight is 194 g/mol. The largest absolute Gasteiger partial charge is 0.489 e. The van der Waals surface area contributed by atoms with Crippen molar-refractivity contribution in [3.63, 3.8) is 0 Å². The summed E-state index contributed by atoms with van der Waals surface area (Å²) in [4.78, 5) is 0. The molecule has 0 saturated carbocycles. The second-order valence-electron chi connectivity index (χ2n) is 2.57. The first-order valence-corrected chi connectivity index (χ1v) is 4.86. The van der Waals surface area contributed by atoms with Crippen LogP contribution in [0.4, 0.5) is 0 Å². The average Bonchev–Trinajstić information content (AvgIpc) is 2.21. The zero-order valence-corrected chi connectivity index (χ0v) is 9.89. The zero-order chi connectivity index (χ0) is 11.6. The fraction of sp³-hybridized carbons (Fsp3) is 0.385. The Morgan fingerprint density at radius 1 is 1.21 bits per heavy atom. The van der Waals surface area contributed by atoms with Crippen molar-refractivity contribution in [1.29, 1.82) is 0 Å². The van der Waals surface area contributed by atoms with Gasteiger partial charge in [0.15, 0.2) is 0 Å². The summed E-state index contributed by atoms with van der Waals surface area (Å²) in [5.74, 6) is 0.780. The molecule has 0 aromatic carbocycles.